The minimum atomic E-state index is 0.199. The molecule has 0 aliphatic heterocycles. The average Bonchev–Trinajstić information content (AvgIpc) is 2.41. The van der Waals surface area contributed by atoms with Crippen molar-refractivity contribution in [1.29, 1.82) is 0 Å². The highest BCUT2D eigenvalue weighted by Gasteiger charge is 2.12. The molecule has 0 saturated carbocycles. The van der Waals surface area contributed by atoms with E-state index in [1.165, 1.54) is 11.1 Å². The Morgan fingerprint density at radius 2 is 1.70 bits per heavy atom. The summed E-state index contributed by atoms with van der Waals surface area (Å²) in [6, 6.07) is 8.61. The quantitative estimate of drug-likeness (QED) is 0.537. The molecule has 1 rings (SSSR count). The zero-order valence-electron chi connectivity index (χ0n) is 13.0. The summed E-state index contributed by atoms with van der Waals surface area (Å²) in [4.78, 5) is 0. The van der Waals surface area contributed by atoms with Crippen LogP contribution < -0.4 is 0 Å². The Morgan fingerprint density at radius 3 is 2.30 bits per heavy atom. The zero-order chi connectivity index (χ0) is 14.8. The summed E-state index contributed by atoms with van der Waals surface area (Å²) in [6.07, 6.45) is 4.05. The summed E-state index contributed by atoms with van der Waals surface area (Å²) in [5.41, 5.74) is 2.73. The summed E-state index contributed by atoms with van der Waals surface area (Å²) in [7, 11) is 1.65. The molecule has 3 nitrogen and oxygen atoms in total. The molecule has 3 heteroatoms. The molecule has 1 aromatic carbocycles. The van der Waals surface area contributed by atoms with Gasteiger partial charge in [-0.05, 0) is 16.5 Å². The molecule has 0 heterocycles. The third kappa shape index (κ3) is 6.85. The van der Waals surface area contributed by atoms with Crippen molar-refractivity contribution in [3.8, 4) is 0 Å². The maximum absolute atomic E-state index is 5.32. The molecule has 112 valence electrons. The zero-order valence-corrected chi connectivity index (χ0v) is 13.0. The monoisotopic (exact) mass is 278 g/mol. The Balaban J connectivity index is 2.25. The molecular weight excluding hydrogens is 252 g/mol. The Labute approximate surface area is 122 Å². The number of methoxy groups -OCH3 is 1. The van der Waals surface area contributed by atoms with Crippen molar-refractivity contribution < 1.29 is 14.2 Å². The van der Waals surface area contributed by atoms with E-state index >= 15 is 0 Å². The molecule has 0 aromatic heterocycles. The Bertz CT molecular complexity index is 388. The van der Waals surface area contributed by atoms with Crippen molar-refractivity contribution in [3.63, 3.8) is 0 Å². The standard InChI is InChI=1S/C17H26O3/c1-17(2,3)16-9-7-15(8-10-16)6-5-11-19-14-20-13-12-18-4/h5-10H,11-14H2,1-4H3/b6-5+. The minimum Gasteiger partial charge on any atom is -0.382 e. The molecule has 0 fully saturated rings. The van der Waals surface area contributed by atoms with Crippen LogP contribution in [0.4, 0.5) is 0 Å². The average molecular weight is 278 g/mol. The van der Waals surface area contributed by atoms with Gasteiger partial charge in [0, 0.05) is 7.11 Å². The highest BCUT2D eigenvalue weighted by Crippen LogP contribution is 2.22. The van der Waals surface area contributed by atoms with Crippen LogP contribution in [0.5, 0.6) is 0 Å². The van der Waals surface area contributed by atoms with Gasteiger partial charge in [-0.2, -0.15) is 0 Å². The molecule has 0 spiro atoms. The molecular formula is C17H26O3. The molecule has 0 saturated heterocycles. The second kappa shape index (κ2) is 8.90. The Morgan fingerprint density at radius 1 is 1.00 bits per heavy atom. The summed E-state index contributed by atoms with van der Waals surface area (Å²) in [5.74, 6) is 0. The number of hydrogen-bond donors (Lipinski definition) is 0. The summed E-state index contributed by atoms with van der Waals surface area (Å²) in [5, 5.41) is 0. The van der Waals surface area contributed by atoms with E-state index in [0.717, 1.165) is 0 Å². The first-order valence-electron chi connectivity index (χ1n) is 6.95. The lowest BCUT2D eigenvalue weighted by atomic mass is 9.87. The van der Waals surface area contributed by atoms with Crippen LogP contribution in [0.1, 0.15) is 31.9 Å². The van der Waals surface area contributed by atoms with Gasteiger partial charge in [-0.15, -0.1) is 0 Å². The van der Waals surface area contributed by atoms with E-state index in [0.29, 0.717) is 26.6 Å². The van der Waals surface area contributed by atoms with Gasteiger partial charge in [-0.25, -0.2) is 0 Å². The first-order chi connectivity index (χ1) is 9.54. The highest BCUT2D eigenvalue weighted by molar-refractivity contribution is 5.50. The van der Waals surface area contributed by atoms with Gasteiger partial charge in [0.15, 0.2) is 0 Å². The minimum absolute atomic E-state index is 0.199. The van der Waals surface area contributed by atoms with Crippen LogP contribution in [0.3, 0.4) is 0 Å². The van der Waals surface area contributed by atoms with Gasteiger partial charge < -0.3 is 14.2 Å². The molecule has 0 atom stereocenters. The van der Waals surface area contributed by atoms with Gasteiger partial charge in [-0.3, -0.25) is 0 Å². The fourth-order valence-corrected chi connectivity index (χ4v) is 1.65. The second-order valence-corrected chi connectivity index (χ2v) is 5.66. The third-order valence-corrected chi connectivity index (χ3v) is 2.90. The first kappa shape index (κ1) is 16.9. The van der Waals surface area contributed by atoms with Crippen molar-refractivity contribution in [3.05, 3.63) is 41.5 Å². The Hall–Kier alpha value is -1.16. The van der Waals surface area contributed by atoms with E-state index in [4.69, 9.17) is 14.2 Å². The smallest absolute Gasteiger partial charge is 0.147 e. The van der Waals surface area contributed by atoms with E-state index in [9.17, 15) is 0 Å². The van der Waals surface area contributed by atoms with Crippen molar-refractivity contribution >= 4 is 6.08 Å². The molecule has 0 bridgehead atoms. The van der Waals surface area contributed by atoms with Crippen LogP contribution in [0.25, 0.3) is 6.08 Å². The maximum atomic E-state index is 5.32. The van der Waals surface area contributed by atoms with Crippen LogP contribution in [0.2, 0.25) is 0 Å². The van der Waals surface area contributed by atoms with Gasteiger partial charge in [0.2, 0.25) is 0 Å². The van der Waals surface area contributed by atoms with Gasteiger partial charge in [0.25, 0.3) is 0 Å². The number of benzene rings is 1. The molecule has 1 aromatic rings. The third-order valence-electron chi connectivity index (χ3n) is 2.90. The van der Waals surface area contributed by atoms with E-state index in [1.807, 2.05) is 6.08 Å². The summed E-state index contributed by atoms with van der Waals surface area (Å²) in [6.45, 7) is 8.66. The van der Waals surface area contributed by atoms with Crippen LogP contribution in [0.15, 0.2) is 30.3 Å². The van der Waals surface area contributed by atoms with Crippen molar-refractivity contribution in [2.75, 3.05) is 33.7 Å². The normalized spacial score (nSPS) is 12.2. The van der Waals surface area contributed by atoms with E-state index in [2.05, 4.69) is 51.1 Å². The lowest BCUT2D eigenvalue weighted by molar-refractivity contribution is -0.0570. The van der Waals surface area contributed by atoms with E-state index in [1.54, 1.807) is 7.11 Å². The van der Waals surface area contributed by atoms with Gasteiger partial charge >= 0.3 is 0 Å². The lowest BCUT2D eigenvalue weighted by Crippen LogP contribution is -2.10. The van der Waals surface area contributed by atoms with Crippen molar-refractivity contribution in [1.82, 2.24) is 0 Å². The SMILES string of the molecule is COCCOCOC/C=C/c1ccc(C(C)(C)C)cc1. The number of ether oxygens (including phenoxy) is 3. The lowest BCUT2D eigenvalue weighted by Gasteiger charge is -2.18. The molecule has 20 heavy (non-hydrogen) atoms. The van der Waals surface area contributed by atoms with Crippen LogP contribution in [-0.4, -0.2) is 33.7 Å². The topological polar surface area (TPSA) is 27.7 Å². The second-order valence-electron chi connectivity index (χ2n) is 5.66. The highest BCUT2D eigenvalue weighted by atomic mass is 16.7. The summed E-state index contributed by atoms with van der Waals surface area (Å²) >= 11 is 0. The van der Waals surface area contributed by atoms with Crippen LogP contribution in [-0.2, 0) is 19.6 Å². The van der Waals surface area contributed by atoms with Crippen LogP contribution >= 0.6 is 0 Å². The Kier molecular flexibility index (Phi) is 7.52. The fraction of sp³-hybridized carbons (Fsp3) is 0.529. The number of hydrogen-bond acceptors (Lipinski definition) is 3. The van der Waals surface area contributed by atoms with Crippen LogP contribution in [0, 0.1) is 0 Å². The van der Waals surface area contributed by atoms with Gasteiger partial charge in [-0.1, -0.05) is 57.2 Å². The van der Waals surface area contributed by atoms with E-state index < -0.39 is 0 Å². The molecule has 0 unspecified atom stereocenters. The first-order valence-corrected chi connectivity index (χ1v) is 6.95. The number of rotatable bonds is 8. The molecule has 0 N–H and O–H groups in total. The molecule has 0 aliphatic rings. The van der Waals surface area contributed by atoms with Crippen molar-refractivity contribution in [2.24, 2.45) is 0 Å². The van der Waals surface area contributed by atoms with Gasteiger partial charge in [0.05, 0.1) is 19.8 Å². The fourth-order valence-electron chi connectivity index (χ4n) is 1.65. The summed E-state index contributed by atoms with van der Waals surface area (Å²) < 4.78 is 15.4. The van der Waals surface area contributed by atoms with E-state index in [-0.39, 0.29) is 5.41 Å². The predicted octanol–water partition coefficient (Wildman–Crippen LogP) is 3.63. The molecule has 0 aliphatic carbocycles. The molecule has 0 radical (unpaired) electrons. The van der Waals surface area contributed by atoms with Crippen molar-refractivity contribution in [2.45, 2.75) is 26.2 Å². The largest absolute Gasteiger partial charge is 0.382 e. The van der Waals surface area contributed by atoms with Gasteiger partial charge in [0.1, 0.15) is 6.79 Å². The molecule has 0 amide bonds. The predicted molar refractivity (Wildman–Crippen MR) is 82.8 cm³/mol. The maximum Gasteiger partial charge on any atom is 0.147 e.